The second kappa shape index (κ2) is 16.3. The molecule has 15 nitrogen and oxygen atoms in total. The highest BCUT2D eigenvalue weighted by atomic mass is 32.2. The Labute approximate surface area is 348 Å². The summed E-state index contributed by atoms with van der Waals surface area (Å²) in [6, 6.07) is 2.39. The molecule has 2 aromatic rings. The third kappa shape index (κ3) is 9.15. The molecule has 2 aliphatic heterocycles. The Bertz CT molecular complexity index is 2160. The van der Waals surface area contributed by atoms with Gasteiger partial charge in [0.2, 0.25) is 33.3 Å². The van der Waals surface area contributed by atoms with E-state index in [1.54, 1.807) is 31.2 Å². The average Bonchev–Trinajstić information content (AvgIpc) is 4.04. The van der Waals surface area contributed by atoms with Gasteiger partial charge in [0, 0.05) is 24.3 Å². The minimum Gasteiger partial charge on any atom is -0.497 e. The molecule has 60 heavy (non-hydrogen) atoms. The highest BCUT2D eigenvalue weighted by molar-refractivity contribution is 7.91. The number of methoxy groups -OCH3 is 1. The molecule has 0 spiro atoms. The number of carbonyl (C=O) groups is 4. The highest BCUT2D eigenvalue weighted by Crippen LogP contribution is 2.48. The number of benzene rings is 1. The molecule has 2 saturated carbocycles. The number of nitrogens with zero attached hydrogens (tertiary/aromatic N) is 3. The molecule has 1 unspecified atom stereocenters. The van der Waals surface area contributed by atoms with E-state index in [1.165, 1.54) is 18.9 Å². The fraction of sp³-hybridized carbons (Fsp3) is 0.659. The smallest absolute Gasteiger partial charge is 0.427 e. The van der Waals surface area contributed by atoms with Crippen molar-refractivity contribution in [2.45, 2.75) is 140 Å². The van der Waals surface area contributed by atoms with Gasteiger partial charge in [0.05, 0.1) is 29.4 Å². The van der Waals surface area contributed by atoms with Gasteiger partial charge in [0.15, 0.2) is 0 Å². The Morgan fingerprint density at radius 1 is 1.07 bits per heavy atom. The molecular weight excluding hydrogens is 810 g/mol. The highest BCUT2D eigenvalue weighted by Gasteiger charge is 2.63. The van der Waals surface area contributed by atoms with E-state index in [4.69, 9.17) is 24.2 Å². The van der Waals surface area contributed by atoms with Gasteiger partial charge in [0.1, 0.15) is 35.2 Å². The van der Waals surface area contributed by atoms with Crippen LogP contribution in [0.2, 0.25) is 0 Å². The zero-order chi connectivity index (χ0) is 44.2. The largest absolute Gasteiger partial charge is 0.497 e. The average molecular weight is 865 g/mol. The number of allylic oxidation sites excluding steroid dienone is 1. The fourth-order valence-electron chi connectivity index (χ4n) is 7.82. The lowest BCUT2D eigenvalue weighted by molar-refractivity contribution is -0.244. The summed E-state index contributed by atoms with van der Waals surface area (Å²) in [5.74, 6) is -3.23. The number of carbonyl (C=O) groups excluding carboxylic acids is 4. The number of hydrogen-bond acceptors (Lipinski definition) is 11. The van der Waals surface area contributed by atoms with Crippen LogP contribution in [0.25, 0.3) is 11.0 Å². The molecule has 3 heterocycles. The van der Waals surface area contributed by atoms with E-state index in [9.17, 15) is 40.8 Å². The number of hydrogen-bond donors (Lipinski definition) is 3. The summed E-state index contributed by atoms with van der Waals surface area (Å²) in [6.45, 7) is 10.1. The van der Waals surface area contributed by atoms with Crippen molar-refractivity contribution in [2.75, 3.05) is 13.7 Å². The molecule has 7 atom stereocenters. The molecule has 1 aromatic heterocycles. The Hall–Kier alpha value is -4.68. The van der Waals surface area contributed by atoms with Crippen LogP contribution in [0.5, 0.6) is 11.6 Å². The van der Waals surface area contributed by atoms with Crippen molar-refractivity contribution < 1.29 is 55.0 Å². The van der Waals surface area contributed by atoms with Crippen LogP contribution in [-0.4, -0.2) is 101 Å². The van der Waals surface area contributed by atoms with Gasteiger partial charge >= 0.3 is 12.3 Å². The van der Waals surface area contributed by atoms with Gasteiger partial charge < -0.3 is 29.7 Å². The SMILES string of the molecule is COc1ccc2nc(C(C)C)c(O[C@@H]3C[C@H]4C(=O)N[C@]5(C(=O)NS(=O)(=O)C6(C)CC6)CC5/C=C\CC[C@@H](C)C[C@@H](C)[C@H](NC(=O)OC(C)(C)C(F)(F)F)C(=O)N4C3)nc2c1. The van der Waals surface area contributed by atoms with Gasteiger partial charge in [-0.1, -0.05) is 39.8 Å². The number of sulfonamides is 1. The molecule has 3 N–H and O–H groups in total. The van der Waals surface area contributed by atoms with E-state index in [-0.39, 0.29) is 37.1 Å². The monoisotopic (exact) mass is 864 g/mol. The van der Waals surface area contributed by atoms with Crippen LogP contribution in [-0.2, 0) is 29.1 Å². The van der Waals surface area contributed by atoms with Gasteiger partial charge in [-0.2, -0.15) is 13.2 Å². The molecule has 1 aromatic carbocycles. The molecule has 6 rings (SSSR count). The van der Waals surface area contributed by atoms with Crippen molar-refractivity contribution >= 4 is 44.9 Å². The summed E-state index contributed by atoms with van der Waals surface area (Å²) >= 11 is 0. The molecule has 330 valence electrons. The summed E-state index contributed by atoms with van der Waals surface area (Å²) in [6.07, 6.45) is -1.44. The minimum atomic E-state index is -4.92. The Kier molecular flexibility index (Phi) is 12.2. The van der Waals surface area contributed by atoms with Crippen molar-refractivity contribution in [2.24, 2.45) is 17.8 Å². The van der Waals surface area contributed by atoms with E-state index in [0.717, 1.165) is 0 Å². The van der Waals surface area contributed by atoms with Crippen LogP contribution < -0.4 is 24.8 Å². The summed E-state index contributed by atoms with van der Waals surface area (Å²) in [5, 5.41) is 5.19. The summed E-state index contributed by atoms with van der Waals surface area (Å²) < 4.78 is 85.5. The van der Waals surface area contributed by atoms with Gasteiger partial charge in [0.25, 0.3) is 5.91 Å². The second-order valence-electron chi connectivity index (χ2n) is 17.9. The van der Waals surface area contributed by atoms with E-state index < -0.39 is 85.9 Å². The standard InChI is InChI=1S/C41H55F3N6O9S/c1-22(2)31-34(46-29-18-26(57-8)13-14-28(29)45-31)58-27-19-30-33(51)48-40(36(53)49-60(55,56)39(7)15-16-39)20-25(40)12-10-9-11-23(3)17-24(4)32(35(52)50(30)21-27)47-37(54)59-38(5,6)41(42,43)44/h10,12-14,18,22-25,27,30,32H,9,11,15-17,19-21H2,1-8H3,(H,47,54)(H,48,51)(H,49,53)/b12-10-/t23-,24-,25?,27-,30+,32+,40-/m1/s1. The van der Waals surface area contributed by atoms with E-state index in [1.807, 2.05) is 26.8 Å². The van der Waals surface area contributed by atoms with Crippen LogP contribution >= 0.6 is 0 Å². The van der Waals surface area contributed by atoms with E-state index in [0.29, 0.717) is 68.4 Å². The zero-order valence-electron chi connectivity index (χ0n) is 35.1. The number of alkyl carbamates (subject to hydrolysis) is 1. The number of rotatable bonds is 9. The van der Waals surface area contributed by atoms with Gasteiger partial charge in [-0.3, -0.25) is 19.1 Å². The van der Waals surface area contributed by atoms with Crippen molar-refractivity contribution in [3.63, 3.8) is 0 Å². The third-order valence-electron chi connectivity index (χ3n) is 12.2. The predicted molar refractivity (Wildman–Crippen MR) is 213 cm³/mol. The lowest BCUT2D eigenvalue weighted by atomic mass is 9.88. The van der Waals surface area contributed by atoms with Gasteiger partial charge in [-0.05, 0) is 83.3 Å². The van der Waals surface area contributed by atoms with Crippen molar-refractivity contribution in [1.82, 2.24) is 30.2 Å². The molecule has 4 aliphatic rings. The summed E-state index contributed by atoms with van der Waals surface area (Å²) in [5.41, 5.74) is -3.02. The quantitative estimate of drug-likeness (QED) is 0.272. The number of amides is 4. The molecule has 0 radical (unpaired) electrons. The van der Waals surface area contributed by atoms with Crippen LogP contribution in [0.4, 0.5) is 18.0 Å². The second-order valence-corrected chi connectivity index (χ2v) is 20.1. The maximum Gasteiger partial charge on any atom is 0.427 e. The third-order valence-corrected chi connectivity index (χ3v) is 14.4. The van der Waals surface area contributed by atoms with Crippen LogP contribution in [0.1, 0.15) is 105 Å². The molecular formula is C41H55F3N6O9S. The number of aromatic nitrogens is 2. The first kappa shape index (κ1) is 44.9. The Morgan fingerprint density at radius 3 is 2.40 bits per heavy atom. The first-order chi connectivity index (χ1) is 27.9. The van der Waals surface area contributed by atoms with Crippen LogP contribution in [0.15, 0.2) is 30.4 Å². The fourth-order valence-corrected chi connectivity index (χ4v) is 9.13. The molecule has 4 amide bonds. The van der Waals surface area contributed by atoms with Gasteiger partial charge in [-0.25, -0.2) is 23.2 Å². The van der Waals surface area contributed by atoms with Crippen LogP contribution in [0.3, 0.4) is 0 Å². The number of alkyl halides is 3. The molecule has 0 bridgehead atoms. The maximum absolute atomic E-state index is 14.8. The first-order valence-electron chi connectivity index (χ1n) is 20.3. The normalized spacial score (nSPS) is 29.0. The summed E-state index contributed by atoms with van der Waals surface area (Å²) in [7, 11) is -2.58. The van der Waals surface area contributed by atoms with E-state index in [2.05, 4.69) is 15.4 Å². The topological polar surface area (TPSA) is 195 Å². The number of fused-ring (bicyclic) bond motifs is 3. The molecule has 2 aliphatic carbocycles. The number of ether oxygens (including phenoxy) is 3. The van der Waals surface area contributed by atoms with Crippen LogP contribution in [0, 0.1) is 17.8 Å². The minimum absolute atomic E-state index is 0.0454. The predicted octanol–water partition coefficient (Wildman–Crippen LogP) is 5.43. The van der Waals surface area contributed by atoms with Gasteiger partial charge in [-0.15, -0.1) is 0 Å². The molecule has 1 saturated heterocycles. The molecule has 3 fully saturated rings. The first-order valence-corrected chi connectivity index (χ1v) is 21.8. The Balaban J connectivity index is 1.37. The lowest BCUT2D eigenvalue weighted by Gasteiger charge is -2.34. The zero-order valence-corrected chi connectivity index (χ0v) is 36.0. The maximum atomic E-state index is 14.8. The number of halogens is 3. The lowest BCUT2D eigenvalue weighted by Crippen LogP contribution is -2.59. The van der Waals surface area contributed by atoms with Crippen molar-refractivity contribution in [3.05, 3.63) is 36.0 Å². The van der Waals surface area contributed by atoms with E-state index >= 15 is 0 Å². The molecule has 19 heteroatoms. The Morgan fingerprint density at radius 2 is 1.77 bits per heavy atom. The van der Waals surface area contributed by atoms with Crippen molar-refractivity contribution in [1.29, 1.82) is 0 Å². The van der Waals surface area contributed by atoms with Crippen molar-refractivity contribution in [3.8, 4) is 11.6 Å². The summed E-state index contributed by atoms with van der Waals surface area (Å²) in [4.78, 5) is 67.3. The number of nitrogens with one attached hydrogen (secondary N) is 3.